The molecule has 1 aromatic carbocycles. The summed E-state index contributed by atoms with van der Waals surface area (Å²) in [7, 11) is 0. The Hall–Kier alpha value is -1.85. The van der Waals surface area contributed by atoms with Crippen molar-refractivity contribution in [3.63, 3.8) is 0 Å². The topological polar surface area (TPSA) is 59.0 Å². The first kappa shape index (κ1) is 19.5. The van der Waals surface area contributed by atoms with Gasteiger partial charge < -0.3 is 15.2 Å². The molecule has 1 aromatic heterocycles. The SMILES string of the molecule is CC(C)c1nccn1Cc1cccc(NC(=O)C2CCNCC2)c1.Cl. The molecule has 1 amide bonds. The van der Waals surface area contributed by atoms with Gasteiger partial charge in [0.05, 0.1) is 0 Å². The van der Waals surface area contributed by atoms with Crippen LogP contribution < -0.4 is 10.6 Å². The van der Waals surface area contributed by atoms with E-state index in [0.717, 1.165) is 49.6 Å². The van der Waals surface area contributed by atoms with E-state index < -0.39 is 0 Å². The Balaban J connectivity index is 0.00000225. The lowest BCUT2D eigenvalue weighted by Gasteiger charge is -2.22. The second-order valence-electron chi connectivity index (χ2n) is 6.78. The van der Waals surface area contributed by atoms with Crippen LogP contribution in [0.3, 0.4) is 0 Å². The molecule has 136 valence electrons. The summed E-state index contributed by atoms with van der Waals surface area (Å²) in [6.07, 6.45) is 5.68. The molecule has 0 bridgehead atoms. The summed E-state index contributed by atoms with van der Waals surface area (Å²) in [5.41, 5.74) is 2.04. The van der Waals surface area contributed by atoms with Crippen LogP contribution in [0.5, 0.6) is 0 Å². The molecular formula is C19H27ClN4O. The summed E-state index contributed by atoms with van der Waals surface area (Å²) in [6.45, 7) is 6.92. The number of carbonyl (C=O) groups excluding carboxylic acids is 1. The van der Waals surface area contributed by atoms with Crippen molar-refractivity contribution in [1.82, 2.24) is 14.9 Å². The molecule has 0 spiro atoms. The van der Waals surface area contributed by atoms with Crippen LogP contribution in [0.4, 0.5) is 5.69 Å². The standard InChI is InChI=1S/C19H26N4O.ClH/c1-14(2)18-21-10-11-23(18)13-15-4-3-5-17(12-15)22-19(24)16-6-8-20-9-7-16;/h3-5,10-12,14,16,20H,6-9,13H2,1-2H3,(H,22,24);1H. The van der Waals surface area contributed by atoms with Crippen LogP contribution in [0.15, 0.2) is 36.7 Å². The number of carbonyl (C=O) groups is 1. The normalized spacial score (nSPS) is 15.0. The van der Waals surface area contributed by atoms with E-state index in [0.29, 0.717) is 5.92 Å². The molecule has 0 saturated carbocycles. The minimum atomic E-state index is 0. The second-order valence-corrected chi connectivity index (χ2v) is 6.78. The lowest BCUT2D eigenvalue weighted by molar-refractivity contribution is -0.120. The Bertz CT molecular complexity index is 692. The molecule has 0 aliphatic carbocycles. The van der Waals surface area contributed by atoms with Crippen molar-refractivity contribution in [3.05, 3.63) is 48.0 Å². The van der Waals surface area contributed by atoms with Gasteiger partial charge in [-0.15, -0.1) is 12.4 Å². The molecular weight excluding hydrogens is 336 g/mol. The molecule has 5 nitrogen and oxygen atoms in total. The third-order valence-corrected chi connectivity index (χ3v) is 4.52. The maximum atomic E-state index is 12.4. The van der Waals surface area contributed by atoms with Crippen molar-refractivity contribution in [2.75, 3.05) is 18.4 Å². The van der Waals surface area contributed by atoms with Crippen LogP contribution in [0.2, 0.25) is 0 Å². The molecule has 1 aliphatic rings. The Kier molecular flexibility index (Phi) is 7.02. The van der Waals surface area contributed by atoms with Crippen molar-refractivity contribution in [3.8, 4) is 0 Å². The fourth-order valence-electron chi connectivity index (χ4n) is 3.23. The van der Waals surface area contributed by atoms with Crippen LogP contribution in [-0.2, 0) is 11.3 Å². The third kappa shape index (κ3) is 5.06. The zero-order chi connectivity index (χ0) is 16.9. The van der Waals surface area contributed by atoms with E-state index in [1.807, 2.05) is 24.5 Å². The highest BCUT2D eigenvalue weighted by molar-refractivity contribution is 5.92. The molecule has 6 heteroatoms. The Morgan fingerprint density at radius 3 is 2.84 bits per heavy atom. The van der Waals surface area contributed by atoms with Gasteiger partial charge in [0.15, 0.2) is 0 Å². The van der Waals surface area contributed by atoms with Crippen LogP contribution >= 0.6 is 12.4 Å². The Morgan fingerprint density at radius 1 is 1.36 bits per heavy atom. The van der Waals surface area contributed by atoms with E-state index in [1.165, 1.54) is 0 Å². The van der Waals surface area contributed by atoms with Gasteiger partial charge in [0.2, 0.25) is 5.91 Å². The van der Waals surface area contributed by atoms with Crippen LogP contribution in [-0.4, -0.2) is 28.5 Å². The molecule has 3 rings (SSSR count). The van der Waals surface area contributed by atoms with E-state index in [1.54, 1.807) is 0 Å². The Labute approximate surface area is 155 Å². The molecule has 0 unspecified atom stereocenters. The van der Waals surface area contributed by atoms with Crippen molar-refractivity contribution < 1.29 is 4.79 Å². The maximum Gasteiger partial charge on any atom is 0.227 e. The summed E-state index contributed by atoms with van der Waals surface area (Å²) in [5.74, 6) is 1.73. The lowest BCUT2D eigenvalue weighted by atomic mass is 9.97. The van der Waals surface area contributed by atoms with Gasteiger partial charge >= 0.3 is 0 Å². The van der Waals surface area contributed by atoms with Crippen molar-refractivity contribution >= 4 is 24.0 Å². The first-order valence-electron chi connectivity index (χ1n) is 8.75. The van der Waals surface area contributed by atoms with Gasteiger partial charge in [-0.2, -0.15) is 0 Å². The number of aromatic nitrogens is 2. The van der Waals surface area contributed by atoms with Crippen LogP contribution in [0, 0.1) is 5.92 Å². The average molecular weight is 363 g/mol. The first-order valence-corrected chi connectivity index (χ1v) is 8.75. The first-order chi connectivity index (χ1) is 11.6. The number of piperidine rings is 1. The van der Waals surface area contributed by atoms with Crippen molar-refractivity contribution in [1.29, 1.82) is 0 Å². The summed E-state index contributed by atoms with van der Waals surface area (Å²) in [5, 5.41) is 6.37. The van der Waals surface area contributed by atoms with Gasteiger partial charge in [-0.1, -0.05) is 26.0 Å². The minimum Gasteiger partial charge on any atom is -0.330 e. The van der Waals surface area contributed by atoms with E-state index in [2.05, 4.69) is 46.2 Å². The number of hydrogen-bond acceptors (Lipinski definition) is 3. The van der Waals surface area contributed by atoms with Gasteiger partial charge in [-0.05, 0) is 43.6 Å². The number of benzene rings is 1. The zero-order valence-corrected chi connectivity index (χ0v) is 15.7. The van der Waals surface area contributed by atoms with Crippen molar-refractivity contribution in [2.45, 2.75) is 39.2 Å². The molecule has 1 fully saturated rings. The second kappa shape index (κ2) is 9.02. The highest BCUT2D eigenvalue weighted by Crippen LogP contribution is 2.18. The lowest BCUT2D eigenvalue weighted by Crippen LogP contribution is -2.34. The number of nitrogens with zero attached hydrogens (tertiary/aromatic N) is 2. The number of rotatable bonds is 5. The average Bonchev–Trinajstić information content (AvgIpc) is 3.04. The fraction of sp³-hybridized carbons (Fsp3) is 0.474. The van der Waals surface area contributed by atoms with Crippen LogP contribution in [0.25, 0.3) is 0 Å². The molecule has 25 heavy (non-hydrogen) atoms. The Morgan fingerprint density at radius 2 is 2.12 bits per heavy atom. The molecule has 1 aliphatic heterocycles. The fourth-order valence-corrected chi connectivity index (χ4v) is 3.23. The molecule has 2 aromatic rings. The highest BCUT2D eigenvalue weighted by Gasteiger charge is 2.20. The molecule has 1 saturated heterocycles. The predicted octanol–water partition coefficient (Wildman–Crippen LogP) is 3.41. The molecule has 0 atom stereocenters. The highest BCUT2D eigenvalue weighted by atomic mass is 35.5. The van der Waals surface area contributed by atoms with Gasteiger partial charge in [0, 0.05) is 36.5 Å². The van der Waals surface area contributed by atoms with Gasteiger partial charge in [-0.25, -0.2) is 4.98 Å². The molecule has 0 radical (unpaired) electrons. The monoisotopic (exact) mass is 362 g/mol. The smallest absolute Gasteiger partial charge is 0.227 e. The molecule has 2 heterocycles. The third-order valence-electron chi connectivity index (χ3n) is 4.52. The van der Waals surface area contributed by atoms with Gasteiger partial charge in [0.1, 0.15) is 5.82 Å². The number of amides is 1. The maximum absolute atomic E-state index is 12.4. The number of nitrogens with one attached hydrogen (secondary N) is 2. The van der Waals surface area contributed by atoms with Gasteiger partial charge in [0.25, 0.3) is 0 Å². The molecule has 2 N–H and O–H groups in total. The van der Waals surface area contributed by atoms with E-state index in [-0.39, 0.29) is 24.2 Å². The van der Waals surface area contributed by atoms with Gasteiger partial charge in [-0.3, -0.25) is 4.79 Å². The summed E-state index contributed by atoms with van der Waals surface area (Å²) in [6, 6.07) is 8.10. The minimum absolute atomic E-state index is 0. The van der Waals surface area contributed by atoms with E-state index in [9.17, 15) is 4.79 Å². The summed E-state index contributed by atoms with van der Waals surface area (Å²) >= 11 is 0. The zero-order valence-electron chi connectivity index (χ0n) is 14.9. The number of hydrogen-bond donors (Lipinski definition) is 2. The van der Waals surface area contributed by atoms with E-state index in [4.69, 9.17) is 0 Å². The number of halogens is 1. The van der Waals surface area contributed by atoms with Crippen LogP contribution in [0.1, 0.15) is 44.0 Å². The van der Waals surface area contributed by atoms with E-state index >= 15 is 0 Å². The summed E-state index contributed by atoms with van der Waals surface area (Å²) in [4.78, 5) is 16.8. The number of anilines is 1. The van der Waals surface area contributed by atoms with Crippen molar-refractivity contribution in [2.24, 2.45) is 5.92 Å². The largest absolute Gasteiger partial charge is 0.330 e. The number of imidazole rings is 1. The predicted molar refractivity (Wildman–Crippen MR) is 103 cm³/mol. The summed E-state index contributed by atoms with van der Waals surface area (Å²) < 4.78 is 2.17. The quantitative estimate of drug-likeness (QED) is 0.856.